The summed E-state index contributed by atoms with van der Waals surface area (Å²) in [5, 5.41) is 0. The smallest absolute Gasteiger partial charge is 0.0701 e. The summed E-state index contributed by atoms with van der Waals surface area (Å²) in [5.41, 5.74) is 6.49. The van der Waals surface area contributed by atoms with Gasteiger partial charge in [0.15, 0.2) is 0 Å². The van der Waals surface area contributed by atoms with E-state index in [-0.39, 0.29) is 5.54 Å². The van der Waals surface area contributed by atoms with Gasteiger partial charge in [-0.25, -0.2) is 0 Å². The lowest BCUT2D eigenvalue weighted by molar-refractivity contribution is 0.0186. The summed E-state index contributed by atoms with van der Waals surface area (Å²) >= 11 is 0. The van der Waals surface area contributed by atoms with E-state index in [9.17, 15) is 0 Å². The van der Waals surface area contributed by atoms with Crippen molar-refractivity contribution < 1.29 is 14.2 Å². The van der Waals surface area contributed by atoms with Crippen LogP contribution < -0.4 is 5.73 Å². The highest BCUT2D eigenvalue weighted by atomic mass is 16.5. The maximum atomic E-state index is 6.47. The molecule has 0 atom stereocenters. The molecule has 0 bridgehead atoms. The van der Waals surface area contributed by atoms with Crippen molar-refractivity contribution in [3.05, 3.63) is 0 Å². The third-order valence-corrected chi connectivity index (χ3v) is 4.35. The van der Waals surface area contributed by atoms with Crippen molar-refractivity contribution >= 4 is 0 Å². The lowest BCUT2D eigenvalue weighted by atomic mass is 9.74. The molecule has 0 amide bonds. The third-order valence-electron chi connectivity index (χ3n) is 4.35. The Hall–Kier alpha value is -0.160. The van der Waals surface area contributed by atoms with Crippen LogP contribution in [0.25, 0.3) is 0 Å². The molecule has 4 heteroatoms. The summed E-state index contributed by atoms with van der Waals surface area (Å²) in [4.78, 5) is 0. The molecule has 20 heavy (non-hydrogen) atoms. The summed E-state index contributed by atoms with van der Waals surface area (Å²) in [6, 6.07) is 0. The minimum absolute atomic E-state index is 0.0150. The van der Waals surface area contributed by atoms with E-state index in [1.165, 1.54) is 25.7 Å². The lowest BCUT2D eigenvalue weighted by Crippen LogP contribution is -2.44. The molecule has 1 aliphatic rings. The van der Waals surface area contributed by atoms with E-state index >= 15 is 0 Å². The van der Waals surface area contributed by atoms with E-state index in [1.807, 2.05) is 0 Å². The highest BCUT2D eigenvalue weighted by Gasteiger charge is 2.30. The minimum Gasteiger partial charge on any atom is -0.382 e. The largest absolute Gasteiger partial charge is 0.382 e. The van der Waals surface area contributed by atoms with E-state index in [0.29, 0.717) is 26.4 Å². The van der Waals surface area contributed by atoms with Crippen LogP contribution in [0.4, 0.5) is 0 Å². The second-order valence-electron chi connectivity index (χ2n) is 6.06. The number of rotatable bonds is 11. The van der Waals surface area contributed by atoms with Crippen LogP contribution in [0.3, 0.4) is 0 Å². The third kappa shape index (κ3) is 7.58. The van der Waals surface area contributed by atoms with Crippen molar-refractivity contribution in [3.8, 4) is 0 Å². The molecule has 0 heterocycles. The first-order valence-corrected chi connectivity index (χ1v) is 8.13. The number of methoxy groups -OCH3 is 1. The van der Waals surface area contributed by atoms with E-state index in [4.69, 9.17) is 19.9 Å². The fourth-order valence-corrected chi connectivity index (χ4v) is 2.94. The first kappa shape index (κ1) is 17.9. The molecule has 1 aliphatic carbocycles. The first-order valence-electron chi connectivity index (χ1n) is 8.13. The Bertz CT molecular complexity index is 228. The van der Waals surface area contributed by atoms with Gasteiger partial charge in [-0.2, -0.15) is 0 Å². The SMILES string of the molecule is CCCC1CCC(N)(CCOCCOCCOC)CC1. The molecule has 1 saturated carbocycles. The molecular formula is C16H33NO3. The van der Waals surface area contributed by atoms with Gasteiger partial charge in [-0.3, -0.25) is 0 Å². The average Bonchev–Trinajstić information content (AvgIpc) is 2.45. The van der Waals surface area contributed by atoms with Gasteiger partial charge in [-0.1, -0.05) is 19.8 Å². The number of hydrogen-bond donors (Lipinski definition) is 1. The summed E-state index contributed by atoms with van der Waals surface area (Å²) < 4.78 is 15.9. The van der Waals surface area contributed by atoms with Gasteiger partial charge in [0.1, 0.15) is 0 Å². The number of nitrogens with two attached hydrogens (primary N) is 1. The standard InChI is InChI=1S/C16H33NO3/c1-3-4-15-5-7-16(17,8-6-15)9-10-19-13-14-20-12-11-18-2/h15H,3-14,17H2,1-2H3. The normalized spacial score (nSPS) is 26.9. The molecule has 0 spiro atoms. The Morgan fingerprint density at radius 2 is 1.60 bits per heavy atom. The highest BCUT2D eigenvalue weighted by molar-refractivity contribution is 4.89. The van der Waals surface area contributed by atoms with Gasteiger partial charge in [0.05, 0.1) is 26.4 Å². The van der Waals surface area contributed by atoms with Crippen LogP contribution in [0.1, 0.15) is 51.9 Å². The molecular weight excluding hydrogens is 254 g/mol. The zero-order valence-corrected chi connectivity index (χ0v) is 13.4. The van der Waals surface area contributed by atoms with Crippen LogP contribution in [0.2, 0.25) is 0 Å². The molecule has 0 radical (unpaired) electrons. The zero-order valence-electron chi connectivity index (χ0n) is 13.4. The van der Waals surface area contributed by atoms with Gasteiger partial charge in [0, 0.05) is 19.3 Å². The zero-order chi connectivity index (χ0) is 14.7. The molecule has 0 aromatic carbocycles. The van der Waals surface area contributed by atoms with E-state index in [0.717, 1.165) is 31.8 Å². The topological polar surface area (TPSA) is 53.7 Å². The van der Waals surface area contributed by atoms with Crippen molar-refractivity contribution in [2.75, 3.05) is 40.1 Å². The van der Waals surface area contributed by atoms with Crippen LogP contribution in [0, 0.1) is 5.92 Å². The van der Waals surface area contributed by atoms with E-state index < -0.39 is 0 Å². The fraction of sp³-hybridized carbons (Fsp3) is 1.00. The molecule has 0 aliphatic heterocycles. The van der Waals surface area contributed by atoms with Crippen molar-refractivity contribution in [1.82, 2.24) is 0 Å². The van der Waals surface area contributed by atoms with Crippen molar-refractivity contribution in [3.63, 3.8) is 0 Å². The quantitative estimate of drug-likeness (QED) is 0.594. The summed E-state index contributed by atoms with van der Waals surface area (Å²) in [7, 11) is 1.68. The monoisotopic (exact) mass is 287 g/mol. The number of hydrogen-bond acceptors (Lipinski definition) is 4. The van der Waals surface area contributed by atoms with Crippen molar-refractivity contribution in [1.29, 1.82) is 0 Å². The minimum atomic E-state index is 0.0150. The first-order chi connectivity index (χ1) is 9.70. The molecule has 1 fully saturated rings. The highest BCUT2D eigenvalue weighted by Crippen LogP contribution is 2.34. The molecule has 2 N–H and O–H groups in total. The van der Waals surface area contributed by atoms with Gasteiger partial charge >= 0.3 is 0 Å². The maximum absolute atomic E-state index is 6.47. The average molecular weight is 287 g/mol. The molecule has 1 rings (SSSR count). The Labute approximate surface area is 124 Å². The van der Waals surface area contributed by atoms with Crippen molar-refractivity contribution in [2.24, 2.45) is 11.7 Å². The summed E-state index contributed by atoms with van der Waals surface area (Å²) in [5.74, 6) is 0.909. The molecule has 4 nitrogen and oxygen atoms in total. The second-order valence-corrected chi connectivity index (χ2v) is 6.06. The van der Waals surface area contributed by atoms with Gasteiger partial charge < -0.3 is 19.9 Å². The Balaban J connectivity index is 1.98. The number of ether oxygens (including phenoxy) is 3. The molecule has 0 aromatic rings. The van der Waals surface area contributed by atoms with Crippen LogP contribution in [0.5, 0.6) is 0 Å². The fourth-order valence-electron chi connectivity index (χ4n) is 2.94. The second kappa shape index (κ2) is 10.6. The molecule has 0 aromatic heterocycles. The maximum Gasteiger partial charge on any atom is 0.0701 e. The van der Waals surface area contributed by atoms with Crippen LogP contribution in [0.15, 0.2) is 0 Å². The van der Waals surface area contributed by atoms with Crippen LogP contribution in [-0.4, -0.2) is 45.7 Å². The molecule has 120 valence electrons. The van der Waals surface area contributed by atoms with Crippen molar-refractivity contribution in [2.45, 2.75) is 57.4 Å². The van der Waals surface area contributed by atoms with E-state index in [1.54, 1.807) is 7.11 Å². The van der Waals surface area contributed by atoms with Crippen LogP contribution in [-0.2, 0) is 14.2 Å². The van der Waals surface area contributed by atoms with Gasteiger partial charge in [-0.05, 0) is 38.0 Å². The Morgan fingerprint density at radius 3 is 2.20 bits per heavy atom. The van der Waals surface area contributed by atoms with Crippen LogP contribution >= 0.6 is 0 Å². The summed E-state index contributed by atoms with van der Waals surface area (Å²) in [6.45, 7) is 5.59. The van der Waals surface area contributed by atoms with Gasteiger partial charge in [-0.15, -0.1) is 0 Å². The molecule has 0 saturated heterocycles. The Kier molecular flexibility index (Phi) is 9.44. The summed E-state index contributed by atoms with van der Waals surface area (Å²) in [6.07, 6.45) is 8.55. The van der Waals surface area contributed by atoms with E-state index in [2.05, 4.69) is 6.92 Å². The van der Waals surface area contributed by atoms with Gasteiger partial charge in [0.25, 0.3) is 0 Å². The lowest BCUT2D eigenvalue weighted by Gasteiger charge is -2.37. The van der Waals surface area contributed by atoms with Gasteiger partial charge in [0.2, 0.25) is 0 Å². The predicted octanol–water partition coefficient (Wildman–Crippen LogP) is 2.74. The predicted molar refractivity (Wildman–Crippen MR) is 81.9 cm³/mol. The molecule has 0 unspecified atom stereocenters. The Morgan fingerprint density at radius 1 is 1.00 bits per heavy atom.